The van der Waals surface area contributed by atoms with Gasteiger partial charge in [-0.1, -0.05) is 17.7 Å². The number of likely N-dealkylation sites (tertiary alicyclic amines) is 1. The minimum atomic E-state index is -0.303. The van der Waals surface area contributed by atoms with Crippen LogP contribution < -0.4 is 16.0 Å². The Balaban J connectivity index is 1.91. The van der Waals surface area contributed by atoms with Gasteiger partial charge in [0.25, 0.3) is 5.91 Å². The van der Waals surface area contributed by atoms with Crippen LogP contribution in [-0.2, 0) is 14.4 Å². The number of piperidine rings is 1. The maximum absolute atomic E-state index is 12.6. The van der Waals surface area contributed by atoms with Crippen molar-refractivity contribution in [3.05, 3.63) is 28.8 Å². The number of hydrogen-bond acceptors (Lipinski definition) is 3. The zero-order valence-electron chi connectivity index (χ0n) is 15.9. The summed E-state index contributed by atoms with van der Waals surface area (Å²) in [5.74, 6) is -0.844. The van der Waals surface area contributed by atoms with E-state index < -0.39 is 0 Å². The van der Waals surface area contributed by atoms with Gasteiger partial charge in [0.05, 0.1) is 19.0 Å². The van der Waals surface area contributed by atoms with Crippen LogP contribution >= 0.6 is 11.6 Å². The molecule has 1 aliphatic rings. The normalized spacial score (nSPS) is 19.4. The first-order chi connectivity index (χ1) is 12.8. The molecule has 7 nitrogen and oxygen atoms in total. The van der Waals surface area contributed by atoms with Crippen LogP contribution in [0.2, 0.25) is 5.02 Å². The second-order valence-electron chi connectivity index (χ2n) is 7.04. The highest BCUT2D eigenvalue weighted by molar-refractivity contribution is 6.31. The van der Waals surface area contributed by atoms with Gasteiger partial charge in [0.2, 0.25) is 11.8 Å². The van der Waals surface area contributed by atoms with E-state index in [4.69, 9.17) is 17.3 Å². The predicted molar refractivity (Wildman–Crippen MR) is 105 cm³/mol. The van der Waals surface area contributed by atoms with Crippen LogP contribution in [-0.4, -0.2) is 55.3 Å². The molecule has 1 heterocycles. The molecule has 1 aromatic carbocycles. The number of anilines is 1. The van der Waals surface area contributed by atoms with Crippen LogP contribution in [0.1, 0.15) is 25.3 Å². The monoisotopic (exact) mass is 395 g/mol. The van der Waals surface area contributed by atoms with Gasteiger partial charge in [-0.25, -0.2) is 0 Å². The fourth-order valence-electron chi connectivity index (χ4n) is 3.35. The summed E-state index contributed by atoms with van der Waals surface area (Å²) < 4.78 is 0. The van der Waals surface area contributed by atoms with E-state index in [1.807, 2.05) is 19.9 Å². The fraction of sp³-hybridized carbons (Fsp3) is 0.526. The Hall–Kier alpha value is -2.12. The lowest BCUT2D eigenvalue weighted by atomic mass is 9.97. The van der Waals surface area contributed by atoms with Gasteiger partial charge in [-0.3, -0.25) is 14.4 Å². The van der Waals surface area contributed by atoms with Gasteiger partial charge in [-0.2, -0.15) is 0 Å². The lowest BCUT2D eigenvalue weighted by Gasteiger charge is -2.29. The number of aryl methyl sites for hydroxylation is 1. The molecule has 27 heavy (non-hydrogen) atoms. The molecule has 0 aliphatic carbocycles. The molecule has 1 aliphatic heterocycles. The van der Waals surface area contributed by atoms with Crippen molar-refractivity contribution in [1.29, 1.82) is 0 Å². The first-order valence-corrected chi connectivity index (χ1v) is 9.64. The van der Waals surface area contributed by atoms with Crippen molar-refractivity contribution in [3.63, 3.8) is 0 Å². The summed E-state index contributed by atoms with van der Waals surface area (Å²) in [6.07, 6.45) is 1.66. The largest absolute Gasteiger partial charge is 0.369 e. The summed E-state index contributed by atoms with van der Waals surface area (Å²) in [6.45, 7) is 5.81. The van der Waals surface area contributed by atoms with E-state index in [2.05, 4.69) is 5.32 Å². The standard InChI is InChI=1S/C19H27ClN4O3/c1-3-24(11-17(25)22-16-9-15(20)7-6-13(16)2)18(26)12-23-8-4-5-14(10-23)19(21)27/h6-7,9,14H,3-5,8,10-12H2,1-2H3,(H2,21,27)(H,22,25)/p+1/t14-/m1/s1. The number of quaternary nitrogens is 1. The van der Waals surface area contributed by atoms with Crippen molar-refractivity contribution in [2.75, 3.05) is 38.0 Å². The molecule has 0 spiro atoms. The first-order valence-electron chi connectivity index (χ1n) is 9.26. The number of nitrogens with two attached hydrogens (primary N) is 1. The molecule has 4 N–H and O–H groups in total. The molecule has 0 bridgehead atoms. The van der Waals surface area contributed by atoms with Crippen molar-refractivity contribution in [2.24, 2.45) is 11.7 Å². The Labute approximate surface area is 164 Å². The molecule has 3 amide bonds. The van der Waals surface area contributed by atoms with Crippen molar-refractivity contribution >= 4 is 35.0 Å². The number of amides is 3. The van der Waals surface area contributed by atoms with Crippen LogP contribution in [0.3, 0.4) is 0 Å². The van der Waals surface area contributed by atoms with Crippen LogP contribution in [0.5, 0.6) is 0 Å². The molecule has 1 unspecified atom stereocenters. The smallest absolute Gasteiger partial charge is 0.278 e. The minimum Gasteiger partial charge on any atom is -0.369 e. The van der Waals surface area contributed by atoms with Crippen molar-refractivity contribution in [1.82, 2.24) is 4.90 Å². The summed E-state index contributed by atoms with van der Waals surface area (Å²) in [7, 11) is 0. The summed E-state index contributed by atoms with van der Waals surface area (Å²) >= 11 is 5.97. The molecular formula is C19H28ClN4O3+. The second kappa shape index (κ2) is 9.71. The van der Waals surface area contributed by atoms with Gasteiger partial charge >= 0.3 is 0 Å². The number of nitrogens with zero attached hydrogens (tertiary/aromatic N) is 1. The molecule has 1 aromatic rings. The number of likely N-dealkylation sites (N-methyl/N-ethyl adjacent to an activating group) is 1. The average Bonchev–Trinajstić information content (AvgIpc) is 2.62. The van der Waals surface area contributed by atoms with Gasteiger partial charge in [-0.05, 0) is 44.4 Å². The maximum Gasteiger partial charge on any atom is 0.278 e. The summed E-state index contributed by atoms with van der Waals surface area (Å²) in [5, 5.41) is 3.35. The van der Waals surface area contributed by atoms with E-state index >= 15 is 0 Å². The summed E-state index contributed by atoms with van der Waals surface area (Å²) in [6, 6.07) is 5.28. The van der Waals surface area contributed by atoms with E-state index in [-0.39, 0.29) is 36.7 Å². The molecule has 0 saturated carbocycles. The van der Waals surface area contributed by atoms with Crippen molar-refractivity contribution in [2.45, 2.75) is 26.7 Å². The average molecular weight is 396 g/mol. The van der Waals surface area contributed by atoms with Gasteiger partial charge in [0, 0.05) is 17.3 Å². The van der Waals surface area contributed by atoms with E-state index in [0.717, 1.165) is 29.8 Å². The molecule has 2 atom stereocenters. The third-order valence-corrected chi connectivity index (χ3v) is 5.20. The van der Waals surface area contributed by atoms with Crippen LogP contribution in [0.15, 0.2) is 18.2 Å². The van der Waals surface area contributed by atoms with Crippen molar-refractivity contribution in [3.8, 4) is 0 Å². The van der Waals surface area contributed by atoms with Crippen LogP contribution in [0, 0.1) is 12.8 Å². The Bertz CT molecular complexity index is 710. The van der Waals surface area contributed by atoms with E-state index in [0.29, 0.717) is 23.8 Å². The molecule has 8 heteroatoms. The van der Waals surface area contributed by atoms with Crippen molar-refractivity contribution < 1.29 is 19.3 Å². The highest BCUT2D eigenvalue weighted by Gasteiger charge is 2.29. The molecule has 148 valence electrons. The topological polar surface area (TPSA) is 96.9 Å². The zero-order chi connectivity index (χ0) is 20.0. The first kappa shape index (κ1) is 21.2. The third kappa shape index (κ3) is 6.22. The Morgan fingerprint density at radius 3 is 2.78 bits per heavy atom. The molecule has 2 rings (SSSR count). The molecule has 0 aromatic heterocycles. The maximum atomic E-state index is 12.6. The SMILES string of the molecule is CCN(CC(=O)Nc1cc(Cl)ccc1C)C(=O)C[NH+]1CCC[C@@H](C(N)=O)C1. The van der Waals surface area contributed by atoms with Gasteiger partial charge in [-0.15, -0.1) is 0 Å². The molecule has 0 radical (unpaired) electrons. The number of carbonyl (C=O) groups is 3. The summed E-state index contributed by atoms with van der Waals surface area (Å²) in [5.41, 5.74) is 6.94. The minimum absolute atomic E-state index is 0.0200. The zero-order valence-corrected chi connectivity index (χ0v) is 16.6. The highest BCUT2D eigenvalue weighted by atomic mass is 35.5. The lowest BCUT2D eigenvalue weighted by Crippen LogP contribution is -3.15. The Kier molecular flexibility index (Phi) is 7.62. The molecular weight excluding hydrogens is 368 g/mol. The number of nitrogens with one attached hydrogen (secondary N) is 2. The number of benzene rings is 1. The number of halogens is 1. The van der Waals surface area contributed by atoms with E-state index in [9.17, 15) is 14.4 Å². The Morgan fingerprint density at radius 1 is 1.37 bits per heavy atom. The fourth-order valence-corrected chi connectivity index (χ4v) is 3.52. The predicted octanol–water partition coefficient (Wildman–Crippen LogP) is 0.216. The summed E-state index contributed by atoms with van der Waals surface area (Å²) in [4.78, 5) is 38.9. The van der Waals surface area contributed by atoms with Gasteiger partial charge in [0.15, 0.2) is 6.54 Å². The lowest BCUT2D eigenvalue weighted by molar-refractivity contribution is -0.899. The van der Waals surface area contributed by atoms with Gasteiger partial charge < -0.3 is 20.9 Å². The second-order valence-corrected chi connectivity index (χ2v) is 7.47. The molecule has 1 fully saturated rings. The van der Waals surface area contributed by atoms with E-state index in [1.54, 1.807) is 12.1 Å². The number of carbonyl (C=O) groups excluding carboxylic acids is 3. The highest BCUT2D eigenvalue weighted by Crippen LogP contribution is 2.20. The van der Waals surface area contributed by atoms with Crippen LogP contribution in [0.25, 0.3) is 0 Å². The number of hydrogen-bond donors (Lipinski definition) is 3. The third-order valence-electron chi connectivity index (χ3n) is 4.96. The quantitative estimate of drug-likeness (QED) is 0.616. The van der Waals surface area contributed by atoms with E-state index in [1.165, 1.54) is 4.90 Å². The number of primary amides is 1. The Morgan fingerprint density at radius 2 is 2.11 bits per heavy atom. The van der Waals surface area contributed by atoms with Gasteiger partial charge in [0.1, 0.15) is 6.54 Å². The molecule has 1 saturated heterocycles. The number of rotatable bonds is 7. The van der Waals surface area contributed by atoms with Crippen LogP contribution in [0.4, 0.5) is 5.69 Å².